The van der Waals surface area contributed by atoms with Gasteiger partial charge >= 0.3 is 0 Å². The van der Waals surface area contributed by atoms with E-state index in [2.05, 4.69) is 17.8 Å². The van der Waals surface area contributed by atoms with Gasteiger partial charge in [0.15, 0.2) is 4.32 Å². The highest BCUT2D eigenvalue weighted by atomic mass is 32.2. The zero-order chi connectivity index (χ0) is 9.52. The van der Waals surface area contributed by atoms with Gasteiger partial charge in [-0.1, -0.05) is 49.1 Å². The molecule has 2 N–H and O–H groups in total. The van der Waals surface area contributed by atoms with Crippen LogP contribution in [0.3, 0.4) is 0 Å². The second kappa shape index (κ2) is 5.83. The molecule has 0 aliphatic rings. The van der Waals surface area contributed by atoms with Gasteiger partial charge in [0.1, 0.15) is 0 Å². The summed E-state index contributed by atoms with van der Waals surface area (Å²) < 4.78 is 0.770. The van der Waals surface area contributed by atoms with Crippen LogP contribution in [0.2, 0.25) is 0 Å². The number of nitrogens with one attached hydrogen (secondary N) is 2. The van der Waals surface area contributed by atoms with E-state index in [0.29, 0.717) is 0 Å². The predicted octanol–water partition coefficient (Wildman–Crippen LogP) is 2.64. The first-order chi connectivity index (χ1) is 6.33. The van der Waals surface area contributed by atoms with E-state index < -0.39 is 0 Å². The SMILES string of the molecule is CCSC(=S)NNc1ccccc1. The van der Waals surface area contributed by atoms with Crippen molar-refractivity contribution in [2.75, 3.05) is 11.2 Å². The van der Waals surface area contributed by atoms with Crippen LogP contribution in [0.4, 0.5) is 5.69 Å². The zero-order valence-corrected chi connectivity index (χ0v) is 9.04. The topological polar surface area (TPSA) is 24.1 Å². The van der Waals surface area contributed by atoms with Crippen LogP contribution in [0.15, 0.2) is 30.3 Å². The molecule has 0 saturated heterocycles. The number of benzene rings is 1. The number of hydrogen-bond acceptors (Lipinski definition) is 3. The van der Waals surface area contributed by atoms with Crippen LogP contribution in [0.5, 0.6) is 0 Å². The summed E-state index contributed by atoms with van der Waals surface area (Å²) in [4.78, 5) is 0. The number of hydrazine groups is 1. The summed E-state index contributed by atoms with van der Waals surface area (Å²) in [5.74, 6) is 0.988. The van der Waals surface area contributed by atoms with E-state index in [1.54, 1.807) is 11.8 Å². The highest BCUT2D eigenvalue weighted by molar-refractivity contribution is 8.22. The van der Waals surface area contributed by atoms with Crippen molar-refractivity contribution in [3.8, 4) is 0 Å². The molecular formula is C9H12N2S2. The van der Waals surface area contributed by atoms with Crippen molar-refractivity contribution in [1.29, 1.82) is 0 Å². The fourth-order valence-electron chi connectivity index (χ4n) is 0.812. The van der Waals surface area contributed by atoms with Crippen LogP contribution in [0.1, 0.15) is 6.92 Å². The molecule has 0 bridgehead atoms. The molecule has 0 atom stereocenters. The standard InChI is InChI=1S/C9H12N2S2/c1-2-13-9(12)11-10-8-6-4-3-5-7-8/h3-7,10H,2H2,1H3,(H,11,12). The summed E-state index contributed by atoms with van der Waals surface area (Å²) in [5.41, 5.74) is 6.98. The molecule has 0 amide bonds. The molecule has 2 nitrogen and oxygen atoms in total. The zero-order valence-electron chi connectivity index (χ0n) is 7.41. The number of rotatable bonds is 3. The van der Waals surface area contributed by atoms with Gasteiger partial charge in [0.2, 0.25) is 0 Å². The Labute approximate surface area is 88.1 Å². The van der Waals surface area contributed by atoms with Crippen molar-refractivity contribution >= 4 is 34.0 Å². The maximum absolute atomic E-state index is 5.04. The highest BCUT2D eigenvalue weighted by Crippen LogP contribution is 2.04. The van der Waals surface area contributed by atoms with E-state index >= 15 is 0 Å². The predicted molar refractivity (Wildman–Crippen MR) is 63.9 cm³/mol. The lowest BCUT2D eigenvalue weighted by molar-refractivity contribution is 1.16. The van der Waals surface area contributed by atoms with Gasteiger partial charge in [0.05, 0.1) is 5.69 Å². The first-order valence-electron chi connectivity index (χ1n) is 4.06. The van der Waals surface area contributed by atoms with Crippen molar-refractivity contribution in [2.24, 2.45) is 0 Å². The number of thioether (sulfide) groups is 1. The summed E-state index contributed by atoms with van der Waals surface area (Å²) in [6.45, 7) is 2.07. The largest absolute Gasteiger partial charge is 0.300 e. The van der Waals surface area contributed by atoms with Crippen molar-refractivity contribution in [1.82, 2.24) is 5.43 Å². The lowest BCUT2D eigenvalue weighted by Crippen LogP contribution is -2.25. The van der Waals surface area contributed by atoms with E-state index in [4.69, 9.17) is 12.2 Å². The molecule has 0 aliphatic carbocycles. The van der Waals surface area contributed by atoms with E-state index in [1.807, 2.05) is 30.3 Å². The smallest absolute Gasteiger partial charge is 0.152 e. The van der Waals surface area contributed by atoms with Crippen molar-refractivity contribution < 1.29 is 0 Å². The Morgan fingerprint density at radius 1 is 1.38 bits per heavy atom. The van der Waals surface area contributed by atoms with Crippen LogP contribution in [-0.2, 0) is 0 Å². The highest BCUT2D eigenvalue weighted by Gasteiger charge is 1.93. The monoisotopic (exact) mass is 212 g/mol. The quantitative estimate of drug-likeness (QED) is 0.594. The van der Waals surface area contributed by atoms with Gasteiger partial charge in [-0.15, -0.1) is 0 Å². The summed E-state index contributed by atoms with van der Waals surface area (Å²) in [5, 5.41) is 0. The van der Waals surface area contributed by atoms with Crippen LogP contribution >= 0.6 is 24.0 Å². The number of thiocarbonyl (C=S) groups is 1. The Morgan fingerprint density at radius 3 is 2.69 bits per heavy atom. The Hall–Kier alpha value is -0.740. The maximum atomic E-state index is 5.04. The summed E-state index contributed by atoms with van der Waals surface area (Å²) >= 11 is 6.65. The molecular weight excluding hydrogens is 200 g/mol. The molecule has 0 fully saturated rings. The molecule has 4 heteroatoms. The maximum Gasteiger partial charge on any atom is 0.152 e. The minimum absolute atomic E-state index is 0.770. The molecule has 0 saturated carbocycles. The van der Waals surface area contributed by atoms with Gasteiger partial charge in [-0.25, -0.2) is 0 Å². The third-order valence-corrected chi connectivity index (χ3v) is 2.47. The Bertz CT molecular complexity index is 262. The Balaban J connectivity index is 2.31. The third kappa shape index (κ3) is 4.15. The fourth-order valence-corrected chi connectivity index (χ4v) is 1.60. The lowest BCUT2D eigenvalue weighted by Gasteiger charge is -2.08. The van der Waals surface area contributed by atoms with Crippen LogP contribution in [0.25, 0.3) is 0 Å². The molecule has 1 aromatic carbocycles. The number of para-hydroxylation sites is 1. The van der Waals surface area contributed by atoms with Gasteiger partial charge in [-0.3, -0.25) is 10.9 Å². The second-order valence-electron chi connectivity index (χ2n) is 2.34. The molecule has 1 rings (SSSR count). The van der Waals surface area contributed by atoms with Crippen LogP contribution < -0.4 is 10.9 Å². The minimum atomic E-state index is 0.770. The van der Waals surface area contributed by atoms with Crippen LogP contribution in [-0.4, -0.2) is 10.1 Å². The summed E-state index contributed by atoms with van der Waals surface area (Å²) in [6.07, 6.45) is 0. The van der Waals surface area contributed by atoms with Gasteiger partial charge in [0.25, 0.3) is 0 Å². The number of hydrogen-bond donors (Lipinski definition) is 2. The molecule has 0 heterocycles. The molecule has 1 aromatic rings. The second-order valence-corrected chi connectivity index (χ2v) is 4.28. The third-order valence-electron chi connectivity index (χ3n) is 1.36. The minimum Gasteiger partial charge on any atom is -0.300 e. The molecule has 0 radical (unpaired) electrons. The van der Waals surface area contributed by atoms with E-state index in [0.717, 1.165) is 15.8 Å². The fraction of sp³-hybridized carbons (Fsp3) is 0.222. The molecule has 0 unspecified atom stereocenters. The summed E-state index contributed by atoms with van der Waals surface area (Å²) in [7, 11) is 0. The van der Waals surface area contributed by atoms with Gasteiger partial charge in [0, 0.05) is 0 Å². The van der Waals surface area contributed by atoms with Gasteiger partial charge < -0.3 is 0 Å². The van der Waals surface area contributed by atoms with Crippen molar-refractivity contribution in [3.05, 3.63) is 30.3 Å². The average Bonchev–Trinajstić information content (AvgIpc) is 2.17. The molecule has 13 heavy (non-hydrogen) atoms. The molecule has 0 spiro atoms. The first kappa shape index (κ1) is 10.3. The molecule has 0 aliphatic heterocycles. The summed E-state index contributed by atoms with van der Waals surface area (Å²) in [6, 6.07) is 9.88. The van der Waals surface area contributed by atoms with Crippen molar-refractivity contribution in [3.63, 3.8) is 0 Å². The van der Waals surface area contributed by atoms with Crippen LogP contribution in [0, 0.1) is 0 Å². The Kier molecular flexibility index (Phi) is 4.64. The van der Waals surface area contributed by atoms with Gasteiger partial charge in [-0.2, -0.15) is 0 Å². The lowest BCUT2D eigenvalue weighted by atomic mass is 10.3. The normalized spacial score (nSPS) is 9.31. The Morgan fingerprint density at radius 2 is 2.08 bits per heavy atom. The first-order valence-corrected chi connectivity index (χ1v) is 5.46. The average molecular weight is 212 g/mol. The van der Waals surface area contributed by atoms with E-state index in [1.165, 1.54) is 0 Å². The van der Waals surface area contributed by atoms with E-state index in [-0.39, 0.29) is 0 Å². The molecule has 70 valence electrons. The van der Waals surface area contributed by atoms with Gasteiger partial charge in [-0.05, 0) is 17.9 Å². The van der Waals surface area contributed by atoms with E-state index in [9.17, 15) is 0 Å². The number of anilines is 1. The molecule has 0 aromatic heterocycles. The van der Waals surface area contributed by atoms with Crippen molar-refractivity contribution in [2.45, 2.75) is 6.92 Å².